The van der Waals surface area contributed by atoms with E-state index < -0.39 is 0 Å². The Hall–Kier alpha value is -0.860. The van der Waals surface area contributed by atoms with Crippen LogP contribution >= 0.6 is 11.6 Å². The quantitative estimate of drug-likeness (QED) is 0.772. The summed E-state index contributed by atoms with van der Waals surface area (Å²) in [6.45, 7) is 4.22. The van der Waals surface area contributed by atoms with Crippen LogP contribution in [0.1, 0.15) is 19.4 Å². The Morgan fingerprint density at radius 3 is 2.53 bits per heavy atom. The monoisotopic (exact) mass is 226 g/mol. The predicted octanol–water partition coefficient (Wildman–Crippen LogP) is 2.88. The van der Waals surface area contributed by atoms with Crippen molar-refractivity contribution >= 4 is 17.4 Å². The molecule has 1 unspecified atom stereocenters. The van der Waals surface area contributed by atoms with Crippen LogP contribution in [0.4, 0.5) is 0 Å². The molecule has 0 fully saturated rings. The van der Waals surface area contributed by atoms with Crippen molar-refractivity contribution in [2.75, 3.05) is 6.61 Å². The number of ether oxygens (including phenoxy) is 1. The maximum absolute atomic E-state index is 11.6. The molecule has 1 rings (SSSR count). The topological polar surface area (TPSA) is 26.3 Å². The molecule has 1 aromatic rings. The number of rotatable bonds is 5. The lowest BCUT2D eigenvalue weighted by molar-refractivity contribution is -0.128. The molecule has 0 amide bonds. The molecule has 0 bridgehead atoms. The first kappa shape index (κ1) is 12.2. The highest BCUT2D eigenvalue weighted by atomic mass is 35.5. The molecule has 1 aromatic carbocycles. The van der Waals surface area contributed by atoms with Gasteiger partial charge in [-0.1, -0.05) is 23.7 Å². The number of hydrogen-bond donors (Lipinski definition) is 0. The Morgan fingerprint density at radius 1 is 1.40 bits per heavy atom. The fraction of sp³-hybridized carbons (Fsp3) is 0.417. The van der Waals surface area contributed by atoms with Crippen molar-refractivity contribution < 1.29 is 9.53 Å². The molecule has 0 aliphatic heterocycles. The van der Waals surface area contributed by atoms with Crippen LogP contribution < -0.4 is 0 Å². The molecule has 15 heavy (non-hydrogen) atoms. The Labute approximate surface area is 95.2 Å². The number of benzene rings is 1. The summed E-state index contributed by atoms with van der Waals surface area (Å²) in [6, 6.07) is 7.29. The van der Waals surface area contributed by atoms with Crippen molar-refractivity contribution in [2.45, 2.75) is 26.4 Å². The van der Waals surface area contributed by atoms with Gasteiger partial charge in [-0.05, 0) is 31.5 Å². The largest absolute Gasteiger partial charge is 0.371 e. The lowest BCUT2D eigenvalue weighted by Crippen LogP contribution is -2.22. The smallest absolute Gasteiger partial charge is 0.165 e. The van der Waals surface area contributed by atoms with Crippen LogP contribution in [0, 0.1) is 0 Å². The molecule has 2 nitrogen and oxygen atoms in total. The van der Waals surface area contributed by atoms with Crippen molar-refractivity contribution in [3.05, 3.63) is 34.9 Å². The minimum Gasteiger partial charge on any atom is -0.371 e. The Kier molecular flexibility index (Phi) is 4.79. The third kappa shape index (κ3) is 4.02. The van der Waals surface area contributed by atoms with Gasteiger partial charge in [-0.25, -0.2) is 0 Å². The molecule has 0 saturated carbocycles. The van der Waals surface area contributed by atoms with Crippen LogP contribution in [-0.2, 0) is 16.0 Å². The summed E-state index contributed by atoms with van der Waals surface area (Å²) in [5.41, 5.74) is 0.968. The number of carbonyl (C=O) groups excluding carboxylic acids is 1. The normalized spacial score (nSPS) is 12.5. The van der Waals surface area contributed by atoms with Gasteiger partial charge in [0, 0.05) is 18.1 Å². The van der Waals surface area contributed by atoms with E-state index in [1.165, 1.54) is 0 Å². The maximum Gasteiger partial charge on any atom is 0.165 e. The van der Waals surface area contributed by atoms with Gasteiger partial charge in [-0.2, -0.15) is 0 Å². The number of ketones is 1. The first-order valence-corrected chi connectivity index (χ1v) is 5.40. The summed E-state index contributed by atoms with van der Waals surface area (Å²) in [5, 5.41) is 0.684. The summed E-state index contributed by atoms with van der Waals surface area (Å²) < 4.78 is 5.22. The fourth-order valence-corrected chi connectivity index (χ4v) is 1.42. The molecule has 3 heteroatoms. The van der Waals surface area contributed by atoms with Gasteiger partial charge < -0.3 is 4.74 Å². The van der Waals surface area contributed by atoms with Gasteiger partial charge in [-0.3, -0.25) is 4.79 Å². The summed E-state index contributed by atoms with van der Waals surface area (Å²) in [5.74, 6) is 0.0965. The van der Waals surface area contributed by atoms with Gasteiger partial charge in [0.25, 0.3) is 0 Å². The van der Waals surface area contributed by atoms with E-state index in [2.05, 4.69) is 0 Å². The maximum atomic E-state index is 11.6. The zero-order valence-corrected chi connectivity index (χ0v) is 9.75. The third-order valence-corrected chi connectivity index (χ3v) is 2.41. The Morgan fingerprint density at radius 2 is 2.00 bits per heavy atom. The Balaban J connectivity index is 2.54. The lowest BCUT2D eigenvalue weighted by Gasteiger charge is -2.10. The van der Waals surface area contributed by atoms with E-state index >= 15 is 0 Å². The first-order valence-electron chi connectivity index (χ1n) is 5.02. The van der Waals surface area contributed by atoms with Crippen LogP contribution in [0.3, 0.4) is 0 Å². The molecule has 0 spiro atoms. The minimum atomic E-state index is -0.328. The zero-order chi connectivity index (χ0) is 11.3. The number of carbonyl (C=O) groups is 1. The summed E-state index contributed by atoms with van der Waals surface area (Å²) >= 11 is 5.75. The standard InChI is InChI=1S/C12H15ClO2/c1-3-15-9(2)12(14)8-10-4-6-11(13)7-5-10/h4-7,9H,3,8H2,1-2H3. The van der Waals surface area contributed by atoms with E-state index in [1.807, 2.05) is 19.1 Å². The van der Waals surface area contributed by atoms with E-state index in [1.54, 1.807) is 19.1 Å². The molecule has 0 heterocycles. The molecule has 1 atom stereocenters. The molecule has 82 valence electrons. The molecule has 0 radical (unpaired) electrons. The second kappa shape index (κ2) is 5.89. The second-order valence-electron chi connectivity index (χ2n) is 3.37. The van der Waals surface area contributed by atoms with Gasteiger partial charge in [0.1, 0.15) is 6.10 Å². The van der Waals surface area contributed by atoms with E-state index in [9.17, 15) is 4.79 Å². The number of hydrogen-bond acceptors (Lipinski definition) is 2. The van der Waals surface area contributed by atoms with Crippen molar-refractivity contribution in [1.29, 1.82) is 0 Å². The Bertz CT molecular complexity index is 319. The summed E-state index contributed by atoms with van der Waals surface area (Å²) in [7, 11) is 0. The minimum absolute atomic E-state index is 0.0965. The van der Waals surface area contributed by atoms with E-state index in [0.717, 1.165) is 5.56 Å². The van der Waals surface area contributed by atoms with Crippen LogP contribution in [0.2, 0.25) is 5.02 Å². The number of halogens is 1. The number of Topliss-reactive ketones (excluding diaryl/α,β-unsaturated/α-hetero) is 1. The molecular weight excluding hydrogens is 212 g/mol. The van der Waals surface area contributed by atoms with E-state index in [-0.39, 0.29) is 11.9 Å². The average Bonchev–Trinajstić information content (AvgIpc) is 2.22. The summed E-state index contributed by atoms with van der Waals surface area (Å²) in [6.07, 6.45) is 0.0731. The van der Waals surface area contributed by atoms with Crippen molar-refractivity contribution in [3.63, 3.8) is 0 Å². The van der Waals surface area contributed by atoms with Crippen molar-refractivity contribution in [2.24, 2.45) is 0 Å². The van der Waals surface area contributed by atoms with Gasteiger partial charge in [0.15, 0.2) is 5.78 Å². The van der Waals surface area contributed by atoms with Gasteiger partial charge >= 0.3 is 0 Å². The van der Waals surface area contributed by atoms with Crippen LogP contribution in [0.25, 0.3) is 0 Å². The van der Waals surface area contributed by atoms with Crippen molar-refractivity contribution in [3.8, 4) is 0 Å². The van der Waals surface area contributed by atoms with Crippen LogP contribution in [0.5, 0.6) is 0 Å². The fourth-order valence-electron chi connectivity index (χ4n) is 1.29. The third-order valence-electron chi connectivity index (χ3n) is 2.16. The van der Waals surface area contributed by atoms with Crippen LogP contribution in [0.15, 0.2) is 24.3 Å². The molecule has 0 aromatic heterocycles. The zero-order valence-electron chi connectivity index (χ0n) is 9.00. The molecular formula is C12H15ClO2. The first-order chi connectivity index (χ1) is 7.13. The molecule has 0 aliphatic carbocycles. The van der Waals surface area contributed by atoms with Crippen molar-refractivity contribution in [1.82, 2.24) is 0 Å². The molecule has 0 saturated heterocycles. The highest BCUT2D eigenvalue weighted by Crippen LogP contribution is 2.11. The van der Waals surface area contributed by atoms with Gasteiger partial charge in [0.05, 0.1) is 0 Å². The average molecular weight is 227 g/mol. The lowest BCUT2D eigenvalue weighted by atomic mass is 10.1. The molecule has 0 N–H and O–H groups in total. The van der Waals surface area contributed by atoms with Crippen LogP contribution in [-0.4, -0.2) is 18.5 Å². The SMILES string of the molecule is CCOC(C)C(=O)Cc1ccc(Cl)cc1. The predicted molar refractivity (Wildman–Crippen MR) is 61.3 cm³/mol. The molecule has 0 aliphatic rings. The van der Waals surface area contributed by atoms with E-state index in [0.29, 0.717) is 18.1 Å². The van der Waals surface area contributed by atoms with Gasteiger partial charge in [0.2, 0.25) is 0 Å². The highest BCUT2D eigenvalue weighted by molar-refractivity contribution is 6.30. The van der Waals surface area contributed by atoms with E-state index in [4.69, 9.17) is 16.3 Å². The van der Waals surface area contributed by atoms with Gasteiger partial charge in [-0.15, -0.1) is 0 Å². The summed E-state index contributed by atoms with van der Waals surface area (Å²) in [4.78, 5) is 11.6. The highest BCUT2D eigenvalue weighted by Gasteiger charge is 2.12. The second-order valence-corrected chi connectivity index (χ2v) is 3.80.